The average molecular weight is 520 g/mol. The number of carbonyl (C=O) groups is 2. The van der Waals surface area contributed by atoms with Gasteiger partial charge in [0.1, 0.15) is 6.54 Å². The molecule has 0 bridgehead atoms. The summed E-state index contributed by atoms with van der Waals surface area (Å²) >= 11 is 1.34. The van der Waals surface area contributed by atoms with Gasteiger partial charge in [-0.15, -0.1) is 10.2 Å². The van der Waals surface area contributed by atoms with Gasteiger partial charge in [0.2, 0.25) is 11.8 Å². The summed E-state index contributed by atoms with van der Waals surface area (Å²) in [5, 5.41) is 13.7. The Bertz CT molecular complexity index is 1000. The van der Waals surface area contributed by atoms with Crippen molar-refractivity contribution in [2.24, 2.45) is 0 Å². The van der Waals surface area contributed by atoms with E-state index >= 15 is 0 Å². The fourth-order valence-electron chi connectivity index (χ4n) is 2.99. The van der Waals surface area contributed by atoms with Gasteiger partial charge in [-0.2, -0.15) is 0 Å². The molecule has 0 saturated carbocycles. The van der Waals surface area contributed by atoms with E-state index in [9.17, 15) is 9.59 Å². The number of pyridine rings is 1. The Morgan fingerprint density at radius 2 is 1.81 bits per heavy atom. The third kappa shape index (κ3) is 8.08. The zero-order chi connectivity index (χ0) is 21.9. The second kappa shape index (κ2) is 13.6. The molecule has 8 nitrogen and oxygen atoms in total. The number of carbonyl (C=O) groups excluding carboxylic acids is 2. The number of aryl methyl sites for hydroxylation is 1. The third-order valence-electron chi connectivity index (χ3n) is 4.57. The van der Waals surface area contributed by atoms with E-state index in [2.05, 4.69) is 25.4 Å². The summed E-state index contributed by atoms with van der Waals surface area (Å²) in [5.41, 5.74) is 0.876. The Labute approximate surface area is 202 Å². The highest BCUT2D eigenvalue weighted by atomic mass is 79.9. The Balaban J connectivity index is 0.00000363. The summed E-state index contributed by atoms with van der Waals surface area (Å²) in [4.78, 5) is 24.9. The van der Waals surface area contributed by atoms with Crippen LogP contribution in [0.4, 0.5) is 5.69 Å². The van der Waals surface area contributed by atoms with Crippen molar-refractivity contribution in [3.63, 3.8) is 0 Å². The predicted octanol–water partition coefficient (Wildman–Crippen LogP) is 0.212. The molecule has 0 aliphatic carbocycles. The van der Waals surface area contributed by atoms with Crippen molar-refractivity contribution in [3.05, 3.63) is 66.3 Å². The van der Waals surface area contributed by atoms with Crippen LogP contribution >= 0.6 is 11.8 Å². The number of anilines is 1. The molecule has 0 atom stereocenters. The van der Waals surface area contributed by atoms with Crippen molar-refractivity contribution >= 4 is 29.3 Å². The second-order valence-corrected chi connectivity index (χ2v) is 7.62. The molecule has 2 heterocycles. The van der Waals surface area contributed by atoms with Gasteiger partial charge in [-0.3, -0.25) is 9.59 Å². The van der Waals surface area contributed by atoms with Gasteiger partial charge in [-0.05, 0) is 31.2 Å². The lowest BCUT2D eigenvalue weighted by molar-refractivity contribution is -0.697. The monoisotopic (exact) mass is 519 g/mol. The number of halogens is 1. The molecular weight excluding hydrogens is 494 g/mol. The van der Waals surface area contributed by atoms with Gasteiger partial charge in [0.05, 0.1) is 17.8 Å². The van der Waals surface area contributed by atoms with Crippen LogP contribution in [0.25, 0.3) is 0 Å². The standard InChI is InChI=1S/C22H25N5O3S.BrH/c1-31-22-26-25-20(30-22)16-23-21(29)17-10-5-6-11-18(17)24-19(28)12-4-2-7-13-27-14-8-3-9-15-27;/h3,5-6,8-11,14-15H,2,4,7,12-13,16H2,1H3,(H-,23,24,28,29);1H. The summed E-state index contributed by atoms with van der Waals surface area (Å²) in [6, 6.07) is 12.9. The number of para-hydroxylation sites is 1. The Hall–Kier alpha value is -2.72. The number of amides is 2. The molecule has 0 unspecified atom stereocenters. The maximum absolute atomic E-state index is 12.6. The smallest absolute Gasteiger partial charge is 0.276 e. The van der Waals surface area contributed by atoms with Crippen LogP contribution in [-0.2, 0) is 17.9 Å². The van der Waals surface area contributed by atoms with Gasteiger partial charge < -0.3 is 32.0 Å². The molecule has 10 heteroatoms. The Kier molecular flexibility index (Phi) is 10.9. The molecule has 3 rings (SSSR count). The highest BCUT2D eigenvalue weighted by molar-refractivity contribution is 7.98. The first-order chi connectivity index (χ1) is 15.2. The number of hydrogen-bond acceptors (Lipinski definition) is 6. The van der Waals surface area contributed by atoms with E-state index < -0.39 is 0 Å². The minimum absolute atomic E-state index is 0. The summed E-state index contributed by atoms with van der Waals surface area (Å²) in [5.74, 6) is -0.0957. The van der Waals surface area contributed by atoms with Crippen molar-refractivity contribution in [1.82, 2.24) is 15.5 Å². The lowest BCUT2D eigenvalue weighted by Gasteiger charge is -2.11. The Morgan fingerprint density at radius 3 is 2.56 bits per heavy atom. The van der Waals surface area contributed by atoms with Crippen molar-refractivity contribution in [2.45, 2.75) is 44.0 Å². The SMILES string of the molecule is CSc1nnc(CNC(=O)c2ccccc2NC(=O)CCCCC[n+]2ccccc2)o1.[Br-]. The van der Waals surface area contributed by atoms with Crippen LogP contribution in [0.2, 0.25) is 0 Å². The van der Waals surface area contributed by atoms with Gasteiger partial charge in [0, 0.05) is 25.0 Å². The highest BCUT2D eigenvalue weighted by Gasteiger charge is 2.14. The number of benzene rings is 1. The molecule has 3 aromatic rings. The second-order valence-electron chi connectivity index (χ2n) is 6.87. The molecular formula is C22H26BrN5O3S. The Morgan fingerprint density at radius 1 is 1.03 bits per heavy atom. The van der Waals surface area contributed by atoms with Crippen molar-refractivity contribution < 1.29 is 35.6 Å². The lowest BCUT2D eigenvalue weighted by Crippen LogP contribution is -3.00. The number of nitrogens with one attached hydrogen (secondary N) is 2. The first kappa shape index (κ1) is 25.5. The van der Waals surface area contributed by atoms with Gasteiger partial charge in [-0.1, -0.05) is 30.0 Å². The minimum Gasteiger partial charge on any atom is -1.00 e. The third-order valence-corrected chi connectivity index (χ3v) is 5.08. The minimum atomic E-state index is -0.320. The van der Waals surface area contributed by atoms with Crippen LogP contribution in [0.5, 0.6) is 0 Å². The number of nitrogens with zero attached hydrogens (tertiary/aromatic N) is 3. The zero-order valence-electron chi connectivity index (χ0n) is 17.8. The quantitative estimate of drug-likeness (QED) is 0.213. The fourth-order valence-corrected chi connectivity index (χ4v) is 3.29. The molecule has 0 saturated heterocycles. The topological polar surface area (TPSA) is 101 Å². The molecule has 0 fully saturated rings. The van der Waals surface area contributed by atoms with Crippen LogP contribution in [0, 0.1) is 0 Å². The first-order valence-electron chi connectivity index (χ1n) is 10.1. The van der Waals surface area contributed by atoms with Gasteiger partial charge >= 0.3 is 0 Å². The molecule has 0 radical (unpaired) electrons. The number of hydrogen-bond donors (Lipinski definition) is 2. The summed E-state index contributed by atoms with van der Waals surface area (Å²) in [6.45, 7) is 1.05. The summed E-state index contributed by atoms with van der Waals surface area (Å²) in [6.07, 6.45) is 9.08. The zero-order valence-corrected chi connectivity index (χ0v) is 20.2. The van der Waals surface area contributed by atoms with E-state index in [0.717, 1.165) is 25.8 Å². The normalized spacial score (nSPS) is 10.3. The molecule has 2 aromatic heterocycles. The largest absolute Gasteiger partial charge is 1.00 e. The maximum atomic E-state index is 12.6. The van der Waals surface area contributed by atoms with E-state index in [-0.39, 0.29) is 35.3 Å². The van der Waals surface area contributed by atoms with E-state index in [4.69, 9.17) is 4.42 Å². The molecule has 2 amide bonds. The van der Waals surface area contributed by atoms with E-state index in [1.165, 1.54) is 11.8 Å². The molecule has 2 N–H and O–H groups in total. The summed E-state index contributed by atoms with van der Waals surface area (Å²) in [7, 11) is 0. The van der Waals surface area contributed by atoms with E-state index in [1.54, 1.807) is 24.3 Å². The predicted molar refractivity (Wildman–Crippen MR) is 117 cm³/mol. The number of unbranched alkanes of at least 4 members (excludes halogenated alkanes) is 2. The van der Waals surface area contributed by atoms with Gasteiger partial charge in [0.25, 0.3) is 11.1 Å². The number of thioether (sulfide) groups is 1. The van der Waals surface area contributed by atoms with Gasteiger partial charge in [-0.25, -0.2) is 4.57 Å². The molecule has 1 aromatic carbocycles. The van der Waals surface area contributed by atoms with Crippen LogP contribution in [0.1, 0.15) is 41.9 Å². The van der Waals surface area contributed by atoms with Crippen LogP contribution in [-0.4, -0.2) is 28.3 Å². The molecule has 0 spiro atoms. The molecule has 32 heavy (non-hydrogen) atoms. The van der Waals surface area contributed by atoms with E-state index in [0.29, 0.717) is 28.8 Å². The van der Waals surface area contributed by atoms with E-state index in [1.807, 2.05) is 36.8 Å². The molecule has 0 aliphatic rings. The van der Waals surface area contributed by atoms with Crippen molar-refractivity contribution in [3.8, 4) is 0 Å². The maximum Gasteiger partial charge on any atom is 0.276 e. The van der Waals surface area contributed by atoms with Crippen LogP contribution < -0.4 is 32.2 Å². The van der Waals surface area contributed by atoms with Gasteiger partial charge in [0.15, 0.2) is 12.4 Å². The first-order valence-corrected chi connectivity index (χ1v) is 11.4. The number of rotatable bonds is 11. The van der Waals surface area contributed by atoms with Crippen LogP contribution in [0.3, 0.4) is 0 Å². The molecule has 170 valence electrons. The van der Waals surface area contributed by atoms with Crippen molar-refractivity contribution in [1.29, 1.82) is 0 Å². The fraction of sp³-hybridized carbons (Fsp3) is 0.318. The average Bonchev–Trinajstić information content (AvgIpc) is 3.26. The van der Waals surface area contributed by atoms with Crippen LogP contribution in [0.15, 0.2) is 64.5 Å². The lowest BCUT2D eigenvalue weighted by atomic mass is 10.1. The summed E-state index contributed by atoms with van der Waals surface area (Å²) < 4.78 is 7.49. The highest BCUT2D eigenvalue weighted by Crippen LogP contribution is 2.16. The van der Waals surface area contributed by atoms with Crippen molar-refractivity contribution in [2.75, 3.05) is 11.6 Å². The molecule has 0 aliphatic heterocycles. The number of aromatic nitrogens is 3.